The number of nitrogens with one attached hydrogen (secondary N) is 1. The van der Waals surface area contributed by atoms with Crippen molar-refractivity contribution in [3.8, 4) is 0 Å². The number of aryl methyl sites for hydroxylation is 1. The molecule has 0 aliphatic carbocycles. The molecule has 0 aliphatic heterocycles. The van der Waals surface area contributed by atoms with Gasteiger partial charge in [0, 0.05) is 6.07 Å². The molecule has 6 nitrogen and oxygen atoms in total. The zero-order valence-electron chi connectivity index (χ0n) is 10.8. The average Bonchev–Trinajstić information content (AvgIpc) is 2.84. The van der Waals surface area contributed by atoms with Gasteiger partial charge in [-0.25, -0.2) is 13.6 Å². The molecule has 0 spiro atoms. The van der Waals surface area contributed by atoms with Gasteiger partial charge in [-0.05, 0) is 19.1 Å². The van der Waals surface area contributed by atoms with Crippen LogP contribution < -0.4 is 5.32 Å². The number of aromatic nitrogens is 1. The van der Waals surface area contributed by atoms with E-state index in [4.69, 9.17) is 9.63 Å². The number of halogens is 2. The van der Waals surface area contributed by atoms with Crippen molar-refractivity contribution in [3.63, 3.8) is 0 Å². The molecule has 1 amide bonds. The molecule has 0 aliphatic rings. The second-order valence-electron chi connectivity index (χ2n) is 4.23. The Balaban J connectivity index is 2.22. The van der Waals surface area contributed by atoms with E-state index < -0.39 is 34.6 Å². The van der Waals surface area contributed by atoms with Crippen LogP contribution >= 0.6 is 0 Å². The molecule has 2 N–H and O–H groups in total. The number of hydrogen-bond donors (Lipinski definition) is 2. The number of carbonyl (C=O) groups excluding carboxylic acids is 1. The number of rotatable bonds is 4. The van der Waals surface area contributed by atoms with E-state index in [0.717, 1.165) is 0 Å². The fraction of sp³-hybridized carbons (Fsp3) is 0.154. The fourth-order valence-corrected chi connectivity index (χ4v) is 1.68. The standard InChI is InChI=1S/C13H10F2N2O4/c1-6-2-7(17-21-6)5-16-12(18)8-3-10(14)11(15)4-9(8)13(19)20/h2-4H,5H2,1H3,(H,16,18)(H,19,20). The summed E-state index contributed by atoms with van der Waals surface area (Å²) in [5, 5.41) is 14.9. The van der Waals surface area contributed by atoms with E-state index in [1.807, 2.05) is 0 Å². The lowest BCUT2D eigenvalue weighted by Gasteiger charge is -2.07. The van der Waals surface area contributed by atoms with Crippen LogP contribution in [0.25, 0.3) is 0 Å². The molecule has 0 saturated carbocycles. The molecule has 1 aromatic carbocycles. The largest absolute Gasteiger partial charge is 0.478 e. The third kappa shape index (κ3) is 3.22. The summed E-state index contributed by atoms with van der Waals surface area (Å²) in [6, 6.07) is 2.58. The van der Waals surface area contributed by atoms with Gasteiger partial charge < -0.3 is 14.9 Å². The number of hydrogen-bond acceptors (Lipinski definition) is 4. The van der Waals surface area contributed by atoms with Crippen LogP contribution in [0.2, 0.25) is 0 Å². The van der Waals surface area contributed by atoms with Crippen molar-refractivity contribution >= 4 is 11.9 Å². The molecule has 0 unspecified atom stereocenters. The van der Waals surface area contributed by atoms with E-state index in [1.54, 1.807) is 13.0 Å². The Morgan fingerprint density at radius 3 is 2.38 bits per heavy atom. The second kappa shape index (κ2) is 5.70. The molecule has 0 atom stereocenters. The molecule has 21 heavy (non-hydrogen) atoms. The molecule has 1 aromatic heterocycles. The third-order valence-corrected chi connectivity index (χ3v) is 2.64. The SMILES string of the molecule is Cc1cc(CNC(=O)c2cc(F)c(F)cc2C(=O)O)no1. The Morgan fingerprint density at radius 2 is 1.86 bits per heavy atom. The maximum Gasteiger partial charge on any atom is 0.336 e. The highest BCUT2D eigenvalue weighted by Gasteiger charge is 2.20. The second-order valence-corrected chi connectivity index (χ2v) is 4.23. The Kier molecular flexibility index (Phi) is 3.97. The van der Waals surface area contributed by atoms with Crippen LogP contribution in [0.3, 0.4) is 0 Å². The minimum absolute atomic E-state index is 0.0335. The quantitative estimate of drug-likeness (QED) is 0.898. The van der Waals surface area contributed by atoms with Crippen LogP contribution in [0.15, 0.2) is 22.7 Å². The summed E-state index contributed by atoms with van der Waals surface area (Å²) < 4.78 is 31.0. The van der Waals surface area contributed by atoms with Gasteiger partial charge >= 0.3 is 5.97 Å². The number of amides is 1. The molecule has 1 heterocycles. The molecule has 2 aromatic rings. The van der Waals surface area contributed by atoms with Crippen molar-refractivity contribution in [1.29, 1.82) is 0 Å². The van der Waals surface area contributed by atoms with Gasteiger partial charge in [0.1, 0.15) is 11.5 Å². The van der Waals surface area contributed by atoms with Crippen LogP contribution in [0.5, 0.6) is 0 Å². The molecular formula is C13H10F2N2O4. The summed E-state index contributed by atoms with van der Waals surface area (Å²) in [6.45, 7) is 1.63. The van der Waals surface area contributed by atoms with Crippen LogP contribution in [-0.4, -0.2) is 22.1 Å². The van der Waals surface area contributed by atoms with Gasteiger partial charge in [-0.1, -0.05) is 5.16 Å². The smallest absolute Gasteiger partial charge is 0.336 e. The van der Waals surface area contributed by atoms with E-state index >= 15 is 0 Å². The fourth-order valence-electron chi connectivity index (χ4n) is 1.68. The minimum Gasteiger partial charge on any atom is -0.478 e. The first kappa shape index (κ1) is 14.6. The van der Waals surface area contributed by atoms with Crippen molar-refractivity contribution in [2.75, 3.05) is 0 Å². The van der Waals surface area contributed by atoms with Gasteiger partial charge in [0.2, 0.25) is 0 Å². The van der Waals surface area contributed by atoms with Crippen molar-refractivity contribution in [1.82, 2.24) is 10.5 Å². The first-order valence-corrected chi connectivity index (χ1v) is 5.81. The minimum atomic E-state index is -1.53. The Hall–Kier alpha value is -2.77. The van der Waals surface area contributed by atoms with Crippen LogP contribution in [-0.2, 0) is 6.54 Å². The molecule has 2 rings (SSSR count). The summed E-state index contributed by atoms with van der Waals surface area (Å²) in [6.07, 6.45) is 0. The van der Waals surface area contributed by atoms with Crippen molar-refractivity contribution in [3.05, 3.63) is 52.4 Å². The van der Waals surface area contributed by atoms with Gasteiger partial charge in [-0.3, -0.25) is 4.79 Å². The summed E-state index contributed by atoms with van der Waals surface area (Å²) in [4.78, 5) is 22.9. The van der Waals surface area contributed by atoms with Crippen molar-refractivity contribution < 1.29 is 28.0 Å². The zero-order chi connectivity index (χ0) is 15.6. The first-order valence-electron chi connectivity index (χ1n) is 5.81. The highest BCUT2D eigenvalue weighted by molar-refractivity contribution is 6.04. The Bertz CT molecular complexity index is 712. The van der Waals surface area contributed by atoms with Gasteiger partial charge in [-0.2, -0.15) is 0 Å². The van der Waals surface area contributed by atoms with Crippen LogP contribution in [0.1, 0.15) is 32.2 Å². The summed E-state index contributed by atoms with van der Waals surface area (Å²) in [7, 11) is 0. The molecule has 0 bridgehead atoms. The van der Waals surface area contributed by atoms with E-state index in [2.05, 4.69) is 10.5 Å². The van der Waals surface area contributed by atoms with E-state index in [0.29, 0.717) is 23.6 Å². The van der Waals surface area contributed by atoms with E-state index in [9.17, 15) is 18.4 Å². The summed E-state index contributed by atoms with van der Waals surface area (Å²) in [5.41, 5.74) is -0.676. The highest BCUT2D eigenvalue weighted by Crippen LogP contribution is 2.15. The third-order valence-electron chi connectivity index (χ3n) is 2.64. The number of carbonyl (C=O) groups is 2. The molecule has 8 heteroatoms. The topological polar surface area (TPSA) is 92.4 Å². The van der Waals surface area contributed by atoms with Gasteiger partial charge in [0.25, 0.3) is 5.91 Å². The number of nitrogens with zero attached hydrogens (tertiary/aromatic N) is 1. The monoisotopic (exact) mass is 296 g/mol. The van der Waals surface area contributed by atoms with Crippen molar-refractivity contribution in [2.24, 2.45) is 0 Å². The Labute approximate surface area is 117 Å². The molecule has 0 saturated heterocycles. The summed E-state index contributed by atoms with van der Waals surface area (Å²) >= 11 is 0. The molecule has 0 fully saturated rings. The van der Waals surface area contributed by atoms with Gasteiger partial charge in [0.15, 0.2) is 11.6 Å². The lowest BCUT2D eigenvalue weighted by atomic mass is 10.1. The average molecular weight is 296 g/mol. The van der Waals surface area contributed by atoms with Gasteiger partial charge in [-0.15, -0.1) is 0 Å². The predicted molar refractivity (Wildman–Crippen MR) is 65.7 cm³/mol. The number of carboxylic acids is 1. The first-order chi connectivity index (χ1) is 9.88. The molecular weight excluding hydrogens is 286 g/mol. The number of benzene rings is 1. The van der Waals surface area contributed by atoms with Crippen LogP contribution in [0.4, 0.5) is 8.78 Å². The highest BCUT2D eigenvalue weighted by atomic mass is 19.2. The predicted octanol–water partition coefficient (Wildman–Crippen LogP) is 1.89. The maximum atomic E-state index is 13.2. The van der Waals surface area contributed by atoms with Gasteiger partial charge in [0.05, 0.1) is 17.7 Å². The number of aromatic carboxylic acids is 1. The van der Waals surface area contributed by atoms with E-state index in [1.165, 1.54) is 0 Å². The zero-order valence-corrected chi connectivity index (χ0v) is 10.8. The Morgan fingerprint density at radius 1 is 1.24 bits per heavy atom. The maximum absolute atomic E-state index is 13.2. The van der Waals surface area contributed by atoms with E-state index in [-0.39, 0.29) is 6.54 Å². The summed E-state index contributed by atoms with van der Waals surface area (Å²) in [5.74, 6) is -4.49. The number of carboxylic acid groups (broad SMARTS) is 1. The normalized spacial score (nSPS) is 10.4. The lowest BCUT2D eigenvalue weighted by molar-refractivity contribution is 0.0690. The molecule has 110 valence electrons. The van der Waals surface area contributed by atoms with Crippen LogP contribution in [0, 0.1) is 18.6 Å². The lowest BCUT2D eigenvalue weighted by Crippen LogP contribution is -2.25. The molecule has 0 radical (unpaired) electrons. The van der Waals surface area contributed by atoms with Crippen molar-refractivity contribution in [2.45, 2.75) is 13.5 Å².